The largest absolute Gasteiger partial charge is 0.469 e. The SMILES string of the molecule is COC(=O)CC1CN(CCC2CCCC2)CCO1. The molecule has 0 amide bonds. The first-order valence-electron chi connectivity index (χ1n) is 7.18. The zero-order chi connectivity index (χ0) is 12.8. The van der Waals surface area contributed by atoms with Crippen LogP contribution in [0, 0.1) is 5.92 Å². The van der Waals surface area contributed by atoms with E-state index in [0.29, 0.717) is 6.42 Å². The van der Waals surface area contributed by atoms with Crippen LogP contribution in [-0.4, -0.2) is 50.3 Å². The molecule has 4 nitrogen and oxygen atoms in total. The van der Waals surface area contributed by atoms with E-state index >= 15 is 0 Å². The van der Waals surface area contributed by atoms with Gasteiger partial charge in [0.15, 0.2) is 0 Å². The molecule has 4 heteroatoms. The van der Waals surface area contributed by atoms with Gasteiger partial charge in [-0.15, -0.1) is 0 Å². The number of hydrogen-bond acceptors (Lipinski definition) is 4. The molecule has 2 rings (SSSR count). The molecule has 2 fully saturated rings. The fraction of sp³-hybridized carbons (Fsp3) is 0.929. The average Bonchev–Trinajstić information content (AvgIpc) is 2.90. The van der Waals surface area contributed by atoms with Crippen molar-refractivity contribution >= 4 is 5.97 Å². The van der Waals surface area contributed by atoms with E-state index in [1.54, 1.807) is 0 Å². The lowest BCUT2D eigenvalue weighted by Gasteiger charge is -2.33. The summed E-state index contributed by atoms with van der Waals surface area (Å²) >= 11 is 0. The van der Waals surface area contributed by atoms with Gasteiger partial charge in [0.2, 0.25) is 0 Å². The van der Waals surface area contributed by atoms with Crippen molar-refractivity contribution in [3.8, 4) is 0 Å². The Morgan fingerprint density at radius 3 is 2.89 bits per heavy atom. The Morgan fingerprint density at radius 2 is 2.17 bits per heavy atom. The fourth-order valence-corrected chi connectivity index (χ4v) is 3.04. The minimum atomic E-state index is -0.169. The standard InChI is InChI=1S/C14H25NO3/c1-17-14(16)10-13-11-15(8-9-18-13)7-6-12-4-2-3-5-12/h12-13H,2-11H2,1H3. The summed E-state index contributed by atoms with van der Waals surface area (Å²) in [4.78, 5) is 13.7. The van der Waals surface area contributed by atoms with E-state index in [0.717, 1.165) is 32.2 Å². The predicted octanol–water partition coefficient (Wildman–Crippen LogP) is 1.83. The van der Waals surface area contributed by atoms with E-state index in [1.807, 2.05) is 0 Å². The maximum Gasteiger partial charge on any atom is 0.308 e. The Balaban J connectivity index is 1.67. The Morgan fingerprint density at radius 1 is 1.39 bits per heavy atom. The highest BCUT2D eigenvalue weighted by Gasteiger charge is 2.24. The normalized spacial score (nSPS) is 26.4. The van der Waals surface area contributed by atoms with Gasteiger partial charge in [-0.1, -0.05) is 25.7 Å². The molecular formula is C14H25NO3. The second kappa shape index (κ2) is 7.10. The summed E-state index contributed by atoms with van der Waals surface area (Å²) in [6.07, 6.45) is 7.37. The number of nitrogens with zero attached hydrogens (tertiary/aromatic N) is 1. The minimum Gasteiger partial charge on any atom is -0.469 e. The molecule has 2 aliphatic rings. The molecule has 1 saturated carbocycles. The van der Waals surface area contributed by atoms with Gasteiger partial charge in [0.1, 0.15) is 0 Å². The van der Waals surface area contributed by atoms with Crippen LogP contribution in [0.3, 0.4) is 0 Å². The number of hydrogen-bond donors (Lipinski definition) is 0. The summed E-state index contributed by atoms with van der Waals surface area (Å²) in [6, 6.07) is 0. The summed E-state index contributed by atoms with van der Waals surface area (Å²) in [5.74, 6) is 0.768. The molecule has 0 spiro atoms. The third-order valence-corrected chi connectivity index (χ3v) is 4.17. The molecule has 104 valence electrons. The van der Waals surface area contributed by atoms with Gasteiger partial charge >= 0.3 is 5.97 Å². The quantitative estimate of drug-likeness (QED) is 0.703. The number of esters is 1. The first-order chi connectivity index (χ1) is 8.78. The number of ether oxygens (including phenoxy) is 2. The maximum absolute atomic E-state index is 11.2. The van der Waals surface area contributed by atoms with Crippen LogP contribution < -0.4 is 0 Å². The molecule has 1 atom stereocenters. The highest BCUT2D eigenvalue weighted by atomic mass is 16.5. The third-order valence-electron chi connectivity index (χ3n) is 4.17. The molecule has 0 bridgehead atoms. The van der Waals surface area contributed by atoms with E-state index in [1.165, 1.54) is 39.2 Å². The topological polar surface area (TPSA) is 38.8 Å². The van der Waals surface area contributed by atoms with Crippen LogP contribution in [0.25, 0.3) is 0 Å². The van der Waals surface area contributed by atoms with E-state index in [-0.39, 0.29) is 12.1 Å². The Hall–Kier alpha value is -0.610. The average molecular weight is 255 g/mol. The van der Waals surface area contributed by atoms with Crippen molar-refractivity contribution in [1.29, 1.82) is 0 Å². The van der Waals surface area contributed by atoms with Crippen LogP contribution in [0.5, 0.6) is 0 Å². The van der Waals surface area contributed by atoms with Gasteiger partial charge in [-0.05, 0) is 18.9 Å². The molecule has 1 aliphatic heterocycles. The van der Waals surface area contributed by atoms with Crippen LogP contribution in [-0.2, 0) is 14.3 Å². The number of rotatable bonds is 5. The molecule has 1 aliphatic carbocycles. The van der Waals surface area contributed by atoms with E-state index in [9.17, 15) is 4.79 Å². The number of morpholine rings is 1. The zero-order valence-corrected chi connectivity index (χ0v) is 11.4. The second-order valence-corrected chi connectivity index (χ2v) is 5.51. The Kier molecular flexibility index (Phi) is 5.45. The van der Waals surface area contributed by atoms with Crippen molar-refractivity contribution < 1.29 is 14.3 Å². The Bertz CT molecular complexity index is 264. The summed E-state index contributed by atoms with van der Waals surface area (Å²) < 4.78 is 10.3. The first kappa shape index (κ1) is 13.8. The minimum absolute atomic E-state index is 0.0229. The van der Waals surface area contributed by atoms with Gasteiger partial charge in [-0.2, -0.15) is 0 Å². The molecular weight excluding hydrogens is 230 g/mol. The van der Waals surface area contributed by atoms with Crippen LogP contribution in [0.2, 0.25) is 0 Å². The molecule has 0 aromatic rings. The first-order valence-corrected chi connectivity index (χ1v) is 7.18. The van der Waals surface area contributed by atoms with Crippen molar-refractivity contribution in [3.63, 3.8) is 0 Å². The molecule has 0 N–H and O–H groups in total. The van der Waals surface area contributed by atoms with Crippen molar-refractivity contribution in [2.75, 3.05) is 33.4 Å². The lowest BCUT2D eigenvalue weighted by molar-refractivity contribution is -0.145. The number of carbonyl (C=O) groups excluding carboxylic acids is 1. The number of methoxy groups -OCH3 is 1. The molecule has 0 aromatic carbocycles. The monoisotopic (exact) mass is 255 g/mol. The summed E-state index contributed by atoms with van der Waals surface area (Å²) in [6.45, 7) is 3.78. The number of carbonyl (C=O) groups is 1. The predicted molar refractivity (Wildman–Crippen MR) is 69.4 cm³/mol. The maximum atomic E-state index is 11.2. The fourth-order valence-electron chi connectivity index (χ4n) is 3.04. The molecule has 0 radical (unpaired) electrons. The van der Waals surface area contributed by atoms with Crippen LogP contribution in [0.1, 0.15) is 38.5 Å². The van der Waals surface area contributed by atoms with Crippen LogP contribution in [0.15, 0.2) is 0 Å². The Labute approximate surface area is 110 Å². The van der Waals surface area contributed by atoms with Gasteiger partial charge in [0, 0.05) is 13.1 Å². The van der Waals surface area contributed by atoms with Crippen molar-refractivity contribution in [1.82, 2.24) is 4.90 Å². The van der Waals surface area contributed by atoms with Crippen LogP contribution in [0.4, 0.5) is 0 Å². The lowest BCUT2D eigenvalue weighted by Crippen LogP contribution is -2.44. The molecule has 1 heterocycles. The van der Waals surface area contributed by atoms with Crippen LogP contribution >= 0.6 is 0 Å². The zero-order valence-electron chi connectivity index (χ0n) is 11.4. The van der Waals surface area contributed by atoms with Crippen molar-refractivity contribution in [3.05, 3.63) is 0 Å². The highest BCUT2D eigenvalue weighted by molar-refractivity contribution is 5.69. The lowest BCUT2D eigenvalue weighted by atomic mass is 10.0. The molecule has 1 unspecified atom stereocenters. The molecule has 18 heavy (non-hydrogen) atoms. The summed E-state index contributed by atoms with van der Waals surface area (Å²) in [5, 5.41) is 0. The van der Waals surface area contributed by atoms with Gasteiger partial charge in [-0.25, -0.2) is 0 Å². The summed E-state index contributed by atoms with van der Waals surface area (Å²) in [7, 11) is 1.43. The van der Waals surface area contributed by atoms with Crippen molar-refractivity contribution in [2.45, 2.75) is 44.6 Å². The summed E-state index contributed by atoms with van der Waals surface area (Å²) in [5.41, 5.74) is 0. The second-order valence-electron chi connectivity index (χ2n) is 5.51. The third kappa shape index (κ3) is 4.25. The molecule has 0 aromatic heterocycles. The van der Waals surface area contributed by atoms with Gasteiger partial charge in [-0.3, -0.25) is 9.69 Å². The van der Waals surface area contributed by atoms with Gasteiger partial charge in [0.25, 0.3) is 0 Å². The highest BCUT2D eigenvalue weighted by Crippen LogP contribution is 2.27. The van der Waals surface area contributed by atoms with E-state index < -0.39 is 0 Å². The molecule has 1 saturated heterocycles. The van der Waals surface area contributed by atoms with Crippen molar-refractivity contribution in [2.24, 2.45) is 5.92 Å². The van der Waals surface area contributed by atoms with E-state index in [2.05, 4.69) is 4.90 Å². The van der Waals surface area contributed by atoms with Gasteiger partial charge < -0.3 is 9.47 Å². The van der Waals surface area contributed by atoms with E-state index in [4.69, 9.17) is 9.47 Å². The van der Waals surface area contributed by atoms with Gasteiger partial charge in [0.05, 0.1) is 26.2 Å². The smallest absolute Gasteiger partial charge is 0.308 e.